The summed E-state index contributed by atoms with van der Waals surface area (Å²) in [4.78, 5) is 1.14. The van der Waals surface area contributed by atoms with Gasteiger partial charge < -0.3 is 5.32 Å². The Morgan fingerprint density at radius 1 is 1.47 bits per heavy atom. The molecule has 5 heteroatoms. The molecule has 19 heavy (non-hydrogen) atoms. The Balaban J connectivity index is 2.51. The summed E-state index contributed by atoms with van der Waals surface area (Å²) in [7, 11) is 1.83. The molecular formula is C14H14BrClFNS. The van der Waals surface area contributed by atoms with E-state index in [-0.39, 0.29) is 11.9 Å². The third-order valence-corrected chi connectivity index (χ3v) is 5.28. The highest BCUT2D eigenvalue weighted by Crippen LogP contribution is 2.35. The topological polar surface area (TPSA) is 12.0 Å². The van der Waals surface area contributed by atoms with E-state index in [4.69, 9.17) is 11.6 Å². The van der Waals surface area contributed by atoms with Crippen LogP contribution in [0.25, 0.3) is 0 Å². The predicted molar refractivity (Wildman–Crippen MR) is 83.7 cm³/mol. The van der Waals surface area contributed by atoms with Crippen LogP contribution in [-0.2, 0) is 6.42 Å². The molecule has 0 aliphatic rings. The van der Waals surface area contributed by atoms with E-state index in [0.29, 0.717) is 15.1 Å². The van der Waals surface area contributed by atoms with Gasteiger partial charge in [-0.2, -0.15) is 0 Å². The van der Waals surface area contributed by atoms with E-state index in [1.54, 1.807) is 17.4 Å². The van der Waals surface area contributed by atoms with Crippen LogP contribution in [0.4, 0.5) is 4.39 Å². The second-order valence-corrected chi connectivity index (χ2v) is 6.38. The smallest absolute Gasteiger partial charge is 0.129 e. The lowest BCUT2D eigenvalue weighted by atomic mass is 10.0. The molecule has 0 saturated carbocycles. The minimum atomic E-state index is -0.258. The molecule has 0 fully saturated rings. The van der Waals surface area contributed by atoms with Crippen molar-refractivity contribution in [3.8, 4) is 0 Å². The average molecular weight is 363 g/mol. The standard InChI is InChI=1S/C14H14BrClFNS/c1-3-8-4-5-19-14(8)13(18-2)9-6-11(16)10(15)7-12(9)17/h4-7,13,18H,3H2,1-2H3. The van der Waals surface area contributed by atoms with E-state index in [1.807, 2.05) is 12.4 Å². The molecule has 1 atom stereocenters. The number of thiophene rings is 1. The van der Waals surface area contributed by atoms with Crippen LogP contribution in [0.2, 0.25) is 5.02 Å². The maximum absolute atomic E-state index is 14.2. The van der Waals surface area contributed by atoms with Gasteiger partial charge in [-0.1, -0.05) is 18.5 Å². The van der Waals surface area contributed by atoms with Crippen molar-refractivity contribution < 1.29 is 4.39 Å². The number of nitrogens with one attached hydrogen (secondary N) is 1. The van der Waals surface area contributed by atoms with Crippen LogP contribution < -0.4 is 5.32 Å². The van der Waals surface area contributed by atoms with E-state index in [9.17, 15) is 4.39 Å². The molecule has 1 aromatic heterocycles. The van der Waals surface area contributed by atoms with Crippen LogP contribution in [0.3, 0.4) is 0 Å². The molecule has 1 unspecified atom stereocenters. The van der Waals surface area contributed by atoms with Crippen LogP contribution in [0.5, 0.6) is 0 Å². The van der Waals surface area contributed by atoms with Crippen molar-refractivity contribution in [1.29, 1.82) is 0 Å². The first-order valence-corrected chi connectivity index (χ1v) is 8.01. The van der Waals surface area contributed by atoms with Crippen LogP contribution in [0.15, 0.2) is 28.1 Å². The van der Waals surface area contributed by atoms with Crippen molar-refractivity contribution in [2.24, 2.45) is 0 Å². The molecule has 2 aromatic rings. The van der Waals surface area contributed by atoms with E-state index in [2.05, 4.69) is 34.2 Å². The van der Waals surface area contributed by atoms with Gasteiger partial charge in [-0.25, -0.2) is 4.39 Å². The minimum Gasteiger partial charge on any atom is -0.309 e. The zero-order chi connectivity index (χ0) is 14.0. The van der Waals surface area contributed by atoms with Crippen molar-refractivity contribution in [2.75, 3.05) is 7.05 Å². The van der Waals surface area contributed by atoms with Crippen molar-refractivity contribution in [1.82, 2.24) is 5.32 Å². The summed E-state index contributed by atoms with van der Waals surface area (Å²) in [5.41, 5.74) is 1.82. The second-order valence-electron chi connectivity index (χ2n) is 4.17. The summed E-state index contributed by atoms with van der Waals surface area (Å²) < 4.78 is 14.7. The van der Waals surface area contributed by atoms with Gasteiger partial charge in [-0.05, 0) is 58.5 Å². The van der Waals surface area contributed by atoms with Crippen molar-refractivity contribution >= 4 is 38.9 Å². The van der Waals surface area contributed by atoms with Crippen LogP contribution >= 0.6 is 38.9 Å². The lowest BCUT2D eigenvalue weighted by Gasteiger charge is -2.18. The molecule has 0 aliphatic carbocycles. The highest BCUT2D eigenvalue weighted by molar-refractivity contribution is 9.10. The van der Waals surface area contributed by atoms with Gasteiger partial charge in [0.05, 0.1) is 11.1 Å². The summed E-state index contributed by atoms with van der Waals surface area (Å²) in [5, 5.41) is 5.74. The molecule has 0 amide bonds. The molecule has 0 bridgehead atoms. The summed E-state index contributed by atoms with van der Waals surface area (Å²) in [5.74, 6) is -0.258. The van der Waals surface area contributed by atoms with Crippen molar-refractivity contribution in [3.05, 3.63) is 54.9 Å². The molecule has 1 nitrogen and oxygen atoms in total. The van der Waals surface area contributed by atoms with Gasteiger partial charge in [-0.15, -0.1) is 11.3 Å². The molecule has 0 spiro atoms. The monoisotopic (exact) mass is 361 g/mol. The number of aryl methyl sites for hydroxylation is 1. The Kier molecular flexibility index (Phi) is 5.01. The highest BCUT2D eigenvalue weighted by atomic mass is 79.9. The molecule has 1 aromatic carbocycles. The largest absolute Gasteiger partial charge is 0.309 e. The maximum Gasteiger partial charge on any atom is 0.129 e. The fraction of sp³-hybridized carbons (Fsp3) is 0.286. The first-order valence-electron chi connectivity index (χ1n) is 5.96. The summed E-state index contributed by atoms with van der Waals surface area (Å²) in [6.45, 7) is 2.10. The molecular weight excluding hydrogens is 349 g/mol. The van der Waals surface area contributed by atoms with Gasteiger partial charge >= 0.3 is 0 Å². The Hall–Kier alpha value is -0.420. The average Bonchev–Trinajstić information content (AvgIpc) is 2.84. The summed E-state index contributed by atoms with van der Waals surface area (Å²) in [6, 6.07) is 5.02. The Labute approximate surface area is 129 Å². The lowest BCUT2D eigenvalue weighted by molar-refractivity contribution is 0.577. The minimum absolute atomic E-state index is 0.166. The third-order valence-electron chi connectivity index (χ3n) is 3.06. The second kappa shape index (κ2) is 6.35. The number of hydrogen-bond donors (Lipinski definition) is 1. The molecule has 0 radical (unpaired) electrons. The van der Waals surface area contributed by atoms with Gasteiger partial charge in [0.15, 0.2) is 0 Å². The molecule has 0 saturated heterocycles. The molecule has 1 heterocycles. The first kappa shape index (κ1) is 15.0. The quantitative estimate of drug-likeness (QED) is 0.739. The normalized spacial score (nSPS) is 12.7. The van der Waals surface area contributed by atoms with Gasteiger partial charge in [0, 0.05) is 14.9 Å². The SMILES string of the molecule is CCc1ccsc1C(NC)c1cc(Cl)c(Br)cc1F. The van der Waals surface area contributed by atoms with Gasteiger partial charge in [0.2, 0.25) is 0 Å². The number of halogens is 3. The zero-order valence-corrected chi connectivity index (χ0v) is 13.8. The summed E-state index contributed by atoms with van der Waals surface area (Å²) >= 11 is 11.0. The third kappa shape index (κ3) is 3.02. The zero-order valence-electron chi connectivity index (χ0n) is 10.6. The number of hydrogen-bond acceptors (Lipinski definition) is 2. The summed E-state index contributed by atoms with van der Waals surface area (Å²) in [6.07, 6.45) is 0.933. The fourth-order valence-electron chi connectivity index (χ4n) is 2.08. The predicted octanol–water partition coefficient (Wildman–Crippen LogP) is 5.17. The fourth-order valence-corrected chi connectivity index (χ4v) is 3.69. The van der Waals surface area contributed by atoms with Gasteiger partial charge in [0.1, 0.15) is 5.82 Å². The molecule has 0 aliphatic heterocycles. The van der Waals surface area contributed by atoms with Crippen LogP contribution in [0, 0.1) is 5.82 Å². The Morgan fingerprint density at radius 2 is 2.21 bits per heavy atom. The van der Waals surface area contributed by atoms with Crippen LogP contribution in [-0.4, -0.2) is 7.05 Å². The Bertz CT molecular complexity index is 585. The first-order chi connectivity index (χ1) is 9.08. The lowest BCUT2D eigenvalue weighted by Crippen LogP contribution is -2.19. The molecule has 2 rings (SSSR count). The highest BCUT2D eigenvalue weighted by Gasteiger charge is 2.21. The van der Waals surface area contributed by atoms with Crippen molar-refractivity contribution in [3.63, 3.8) is 0 Å². The van der Waals surface area contributed by atoms with Gasteiger partial charge in [0.25, 0.3) is 0 Å². The van der Waals surface area contributed by atoms with E-state index in [0.717, 1.165) is 11.3 Å². The van der Waals surface area contributed by atoms with E-state index < -0.39 is 0 Å². The number of benzene rings is 1. The maximum atomic E-state index is 14.2. The van der Waals surface area contributed by atoms with E-state index in [1.165, 1.54) is 11.6 Å². The van der Waals surface area contributed by atoms with E-state index >= 15 is 0 Å². The number of rotatable bonds is 4. The van der Waals surface area contributed by atoms with Gasteiger partial charge in [-0.3, -0.25) is 0 Å². The molecule has 102 valence electrons. The van der Waals surface area contributed by atoms with Crippen molar-refractivity contribution in [2.45, 2.75) is 19.4 Å². The Morgan fingerprint density at radius 3 is 2.84 bits per heavy atom. The van der Waals surface area contributed by atoms with Crippen LogP contribution in [0.1, 0.15) is 29.0 Å². The molecule has 1 N–H and O–H groups in total.